The molecule has 0 saturated carbocycles. The smallest absolute Gasteiger partial charge is 0.246 e. The van der Waals surface area contributed by atoms with E-state index < -0.39 is 119 Å². The number of hydrogen-bond acceptors (Lipinski definition) is 14. The number of fused-ring (bicyclic) bond motifs is 3. The molecular formula is C42H69N13O12S. The van der Waals surface area contributed by atoms with Crippen molar-refractivity contribution in [3.63, 3.8) is 0 Å². The Kier molecular flexibility index (Phi) is 21.4. The van der Waals surface area contributed by atoms with E-state index in [1.54, 1.807) is 11.8 Å². The molecule has 0 radical (unpaired) electrons. The molecule has 3 rings (SSSR count). The lowest BCUT2D eigenvalue weighted by Crippen LogP contribution is -2.59. The van der Waals surface area contributed by atoms with Crippen LogP contribution < -0.4 is 59.3 Å². The van der Waals surface area contributed by atoms with Crippen LogP contribution in [0.3, 0.4) is 0 Å². The maximum atomic E-state index is 13.9. The van der Waals surface area contributed by atoms with Gasteiger partial charge in [-0.3, -0.25) is 57.5 Å². The molecule has 1 unspecified atom stereocenters. The van der Waals surface area contributed by atoms with Gasteiger partial charge in [0.15, 0.2) is 0 Å². The molecule has 12 atom stereocenters. The van der Waals surface area contributed by atoms with Crippen molar-refractivity contribution in [1.29, 1.82) is 0 Å². The van der Waals surface area contributed by atoms with Gasteiger partial charge in [-0.15, -0.1) is 0 Å². The van der Waals surface area contributed by atoms with Crippen LogP contribution in [0.25, 0.3) is 0 Å². The van der Waals surface area contributed by atoms with E-state index in [0.717, 1.165) is 0 Å². The number of carbonyl (C=O) groups excluding carboxylic acids is 12. The summed E-state index contributed by atoms with van der Waals surface area (Å²) >= 11 is 1.63. The lowest BCUT2D eigenvalue weighted by atomic mass is 10.1. The Hall–Kier alpha value is -6.05. The monoisotopic (exact) mass is 979 g/mol. The van der Waals surface area contributed by atoms with Crippen molar-refractivity contribution in [1.82, 2.24) is 57.7 Å². The summed E-state index contributed by atoms with van der Waals surface area (Å²) in [6.45, 7) is 11.3. The van der Waals surface area contributed by atoms with E-state index in [1.807, 2.05) is 0 Å². The number of nitrogens with zero attached hydrogens (tertiary/aromatic N) is 2. The van der Waals surface area contributed by atoms with Crippen molar-refractivity contribution < 1.29 is 57.5 Å². The van der Waals surface area contributed by atoms with Crippen LogP contribution in [0.5, 0.6) is 0 Å². The summed E-state index contributed by atoms with van der Waals surface area (Å²) in [6, 6.07) is -11.1. The molecule has 0 aliphatic carbocycles. The number of amides is 12. The van der Waals surface area contributed by atoms with Gasteiger partial charge in [0.05, 0.1) is 6.54 Å². The number of hydrogen-bond donors (Lipinski definition) is 11. The highest BCUT2D eigenvalue weighted by atomic mass is 32.2. The molecule has 3 aliphatic heterocycles. The molecule has 0 aromatic carbocycles. The van der Waals surface area contributed by atoms with Crippen molar-refractivity contribution in [2.45, 2.75) is 166 Å². The molecule has 12 amide bonds. The van der Waals surface area contributed by atoms with Crippen molar-refractivity contribution >= 4 is 82.6 Å². The van der Waals surface area contributed by atoms with Crippen LogP contribution in [0.1, 0.15) is 93.9 Å². The van der Waals surface area contributed by atoms with Crippen LogP contribution >= 0.6 is 11.8 Å². The number of carbonyl (C=O) groups is 12. The minimum Gasteiger partial charge on any atom is -0.368 e. The Morgan fingerprint density at radius 1 is 0.632 bits per heavy atom. The largest absolute Gasteiger partial charge is 0.368 e. The van der Waals surface area contributed by atoms with E-state index in [0.29, 0.717) is 50.9 Å². The second-order valence-corrected chi connectivity index (χ2v) is 18.8. The van der Waals surface area contributed by atoms with Gasteiger partial charge in [0.1, 0.15) is 60.4 Å². The Labute approximate surface area is 399 Å². The zero-order chi connectivity index (χ0) is 51.2. The maximum absolute atomic E-state index is 13.9. The van der Waals surface area contributed by atoms with Gasteiger partial charge in [-0.1, -0.05) is 0 Å². The predicted molar refractivity (Wildman–Crippen MR) is 246 cm³/mol. The Balaban J connectivity index is 1.51. The molecule has 2 bridgehead atoms. The van der Waals surface area contributed by atoms with E-state index >= 15 is 0 Å². The fourth-order valence-corrected chi connectivity index (χ4v) is 9.03. The first-order valence-electron chi connectivity index (χ1n) is 22.8. The second-order valence-electron chi connectivity index (χ2n) is 17.5. The van der Waals surface area contributed by atoms with Gasteiger partial charge in [-0.25, -0.2) is 0 Å². The highest BCUT2D eigenvalue weighted by Crippen LogP contribution is 2.38. The highest BCUT2D eigenvalue weighted by molar-refractivity contribution is 8.00. The lowest BCUT2D eigenvalue weighted by Gasteiger charge is -2.35. The first-order valence-corrected chi connectivity index (χ1v) is 23.8. The number of unbranched alkanes of at least 4 members (excludes halogenated alkanes) is 1. The number of primary amides is 1. The molecule has 26 heteroatoms. The molecule has 0 aromatic heterocycles. The Morgan fingerprint density at radius 3 is 1.56 bits per heavy atom. The summed E-state index contributed by atoms with van der Waals surface area (Å²) in [5.74, 6) is -7.11. The van der Waals surface area contributed by atoms with E-state index in [-0.39, 0.29) is 36.1 Å². The fourth-order valence-electron chi connectivity index (χ4n) is 7.62. The molecule has 380 valence electrons. The van der Waals surface area contributed by atoms with Crippen molar-refractivity contribution in [2.75, 3.05) is 25.4 Å². The standard InChI is InChI=1S/C42H69N13O12S/c1-19(33(44)58)46-34(59)20(2)47-37(62)23(5)51-40(65)29(11-9-10-14-43)53-39(64)25(7)50-36(61)22(4)48-35(60)21(3)49-38(63)24(6)52-41(66)30-13-12-27-18-68-28-15-31(42(67)55(27)30)54(17-28)32(57)16-45-26(8)56/h19-25,27-31H,9-18,43H2,1-8H3,(H2,44,58)(H,45,56)(H,46,59)(H,47,62)(H,48,60)(H,49,63)(H,50,61)(H,51,65)(H,52,66)(H,53,64)/t19-,20-,21-,22-,23-,24-,25-,27?,28+,29-,30-,31+/m0/s1. The number of nitrogens with two attached hydrogens (primary N) is 2. The van der Waals surface area contributed by atoms with Gasteiger partial charge < -0.3 is 69.1 Å². The molecule has 13 N–H and O–H groups in total. The van der Waals surface area contributed by atoms with Crippen molar-refractivity contribution in [2.24, 2.45) is 11.5 Å². The van der Waals surface area contributed by atoms with Gasteiger partial charge >= 0.3 is 0 Å². The first kappa shape index (κ1) is 56.3. The summed E-state index contributed by atoms with van der Waals surface area (Å²) in [4.78, 5) is 157. The van der Waals surface area contributed by atoms with Crippen molar-refractivity contribution in [3.8, 4) is 0 Å². The maximum Gasteiger partial charge on any atom is 0.246 e. The molecule has 3 heterocycles. The van der Waals surface area contributed by atoms with Crippen LogP contribution in [0, 0.1) is 0 Å². The minimum absolute atomic E-state index is 0.0373. The third-order valence-corrected chi connectivity index (χ3v) is 13.2. The van der Waals surface area contributed by atoms with Crippen LogP contribution in [0.4, 0.5) is 0 Å². The first-order chi connectivity index (χ1) is 31.9. The molecule has 3 fully saturated rings. The molecule has 0 aromatic rings. The van der Waals surface area contributed by atoms with E-state index in [9.17, 15) is 57.5 Å². The topological polar surface area (TPSA) is 372 Å². The SMILES string of the molecule is CC(=O)NCC(=O)N1C[C@H]2C[C@@H]1C(=O)N1C(CC[C@H]1C(=O)N[C@@H](C)C(=O)N[C@@H](C)C(=O)N[C@@H](C)C(=O)N[C@@H](C)C(=O)N[C@@H](CCCCN)C(=O)N[C@@H](C)C(=O)N[C@@H](C)C(=O)N[C@@H](C)C(N)=O)CS2. The van der Waals surface area contributed by atoms with E-state index in [4.69, 9.17) is 11.5 Å². The van der Waals surface area contributed by atoms with Crippen molar-refractivity contribution in [3.05, 3.63) is 0 Å². The summed E-state index contributed by atoms with van der Waals surface area (Å²) in [5, 5.41) is 22.4. The van der Waals surface area contributed by atoms with Gasteiger partial charge in [0, 0.05) is 30.5 Å². The number of nitrogens with one attached hydrogen (secondary N) is 9. The fraction of sp³-hybridized carbons (Fsp3) is 0.714. The number of likely N-dealkylation sites (tertiary alicyclic amines) is 1. The number of thioether (sulfide) groups is 1. The third kappa shape index (κ3) is 16.0. The molecule has 0 spiro atoms. The normalized spacial score (nSPS) is 22.0. The zero-order valence-corrected chi connectivity index (χ0v) is 40.7. The number of rotatable bonds is 23. The molecule has 3 saturated heterocycles. The molecular weight excluding hydrogens is 911 g/mol. The van der Waals surface area contributed by atoms with Crippen LogP contribution in [0.15, 0.2) is 0 Å². The van der Waals surface area contributed by atoms with Gasteiger partial charge in [-0.2, -0.15) is 11.8 Å². The molecule has 25 nitrogen and oxygen atoms in total. The summed E-state index contributed by atoms with van der Waals surface area (Å²) in [5.41, 5.74) is 10.8. The highest BCUT2D eigenvalue weighted by Gasteiger charge is 2.50. The van der Waals surface area contributed by atoms with Crippen LogP contribution in [-0.4, -0.2) is 178 Å². The average molecular weight is 980 g/mol. The predicted octanol–water partition coefficient (Wildman–Crippen LogP) is -5.17. The summed E-state index contributed by atoms with van der Waals surface area (Å²) in [7, 11) is 0. The lowest BCUT2D eigenvalue weighted by molar-refractivity contribution is -0.148. The zero-order valence-electron chi connectivity index (χ0n) is 39.9. The Bertz CT molecular complexity index is 1940. The Morgan fingerprint density at radius 2 is 1.09 bits per heavy atom. The quantitative estimate of drug-likeness (QED) is 0.0427. The third-order valence-electron chi connectivity index (χ3n) is 11.8. The van der Waals surface area contributed by atoms with Gasteiger partial charge in [-0.05, 0) is 93.5 Å². The van der Waals surface area contributed by atoms with Gasteiger partial charge in [0.25, 0.3) is 0 Å². The second kappa shape index (κ2) is 25.9. The van der Waals surface area contributed by atoms with Crippen LogP contribution in [0.2, 0.25) is 0 Å². The summed E-state index contributed by atoms with van der Waals surface area (Å²) in [6.07, 6.45) is 2.35. The average Bonchev–Trinajstić information content (AvgIpc) is 3.91. The minimum atomic E-state index is -1.22. The van der Waals surface area contributed by atoms with E-state index in [1.165, 1.54) is 65.2 Å². The summed E-state index contributed by atoms with van der Waals surface area (Å²) < 4.78 is 0. The molecule has 3 aliphatic rings. The van der Waals surface area contributed by atoms with Gasteiger partial charge in [0.2, 0.25) is 70.9 Å². The van der Waals surface area contributed by atoms with Crippen LogP contribution in [-0.2, 0) is 57.5 Å². The molecule has 68 heavy (non-hydrogen) atoms. The van der Waals surface area contributed by atoms with E-state index in [2.05, 4.69) is 47.9 Å².